The standard InChI is InChI=1S/C25H21F3N4O/c1-33-23-9-8-20(14-22(23)25(26,27)28)32-24-17(5-4-12-31-24)13-21(18-6-2-10-29-15-18)19-7-3-11-30-16-19/h2-12,14-16,21H,13H2,1H3,(H,31,32). The predicted molar refractivity (Wildman–Crippen MR) is 120 cm³/mol. The first kappa shape index (κ1) is 22.3. The van der Waals surface area contributed by atoms with Crippen LogP contribution in [0.1, 0.15) is 28.2 Å². The van der Waals surface area contributed by atoms with E-state index in [1.807, 2.05) is 30.3 Å². The van der Waals surface area contributed by atoms with E-state index in [-0.39, 0.29) is 17.4 Å². The van der Waals surface area contributed by atoms with Crippen LogP contribution in [-0.4, -0.2) is 22.1 Å². The lowest BCUT2D eigenvalue weighted by molar-refractivity contribution is -0.138. The highest BCUT2D eigenvalue weighted by atomic mass is 19.4. The van der Waals surface area contributed by atoms with Crippen LogP contribution in [-0.2, 0) is 12.6 Å². The summed E-state index contributed by atoms with van der Waals surface area (Å²) in [6.07, 6.45) is 4.65. The largest absolute Gasteiger partial charge is 0.496 e. The lowest BCUT2D eigenvalue weighted by atomic mass is 9.87. The minimum absolute atomic E-state index is 0.0567. The Bertz CT molecular complexity index is 1160. The molecule has 0 bridgehead atoms. The first-order valence-electron chi connectivity index (χ1n) is 10.2. The number of halogens is 3. The maximum absolute atomic E-state index is 13.4. The van der Waals surface area contributed by atoms with E-state index >= 15 is 0 Å². The maximum Gasteiger partial charge on any atom is 0.420 e. The summed E-state index contributed by atoms with van der Waals surface area (Å²) >= 11 is 0. The van der Waals surface area contributed by atoms with Gasteiger partial charge in [-0.2, -0.15) is 13.2 Å². The van der Waals surface area contributed by atoms with Crippen molar-refractivity contribution in [1.82, 2.24) is 15.0 Å². The first-order chi connectivity index (χ1) is 16.0. The highest BCUT2D eigenvalue weighted by molar-refractivity contribution is 5.62. The van der Waals surface area contributed by atoms with E-state index in [0.29, 0.717) is 12.2 Å². The molecule has 0 amide bonds. The highest BCUT2D eigenvalue weighted by Crippen LogP contribution is 2.38. The normalized spacial score (nSPS) is 11.4. The fourth-order valence-corrected chi connectivity index (χ4v) is 3.67. The van der Waals surface area contributed by atoms with Gasteiger partial charge in [0.05, 0.1) is 12.7 Å². The zero-order valence-corrected chi connectivity index (χ0v) is 17.8. The number of nitrogens with zero attached hydrogens (tertiary/aromatic N) is 3. The summed E-state index contributed by atoms with van der Waals surface area (Å²) in [4.78, 5) is 12.9. The third-order valence-electron chi connectivity index (χ3n) is 5.26. The van der Waals surface area contributed by atoms with Crippen LogP contribution in [0.5, 0.6) is 5.75 Å². The number of rotatable bonds is 7. The van der Waals surface area contributed by atoms with Gasteiger partial charge in [0.1, 0.15) is 11.6 Å². The van der Waals surface area contributed by atoms with Crippen molar-refractivity contribution in [2.75, 3.05) is 12.4 Å². The number of pyridine rings is 3. The van der Waals surface area contributed by atoms with Gasteiger partial charge in [-0.1, -0.05) is 18.2 Å². The molecule has 1 N–H and O–H groups in total. The van der Waals surface area contributed by atoms with Crippen molar-refractivity contribution < 1.29 is 17.9 Å². The number of aromatic nitrogens is 3. The molecule has 0 saturated carbocycles. The average Bonchev–Trinajstić information content (AvgIpc) is 2.84. The molecular formula is C25H21F3N4O. The van der Waals surface area contributed by atoms with E-state index < -0.39 is 11.7 Å². The number of benzene rings is 1. The molecule has 8 heteroatoms. The molecule has 0 unspecified atom stereocenters. The highest BCUT2D eigenvalue weighted by Gasteiger charge is 2.34. The van der Waals surface area contributed by atoms with Crippen molar-refractivity contribution >= 4 is 11.5 Å². The van der Waals surface area contributed by atoms with Gasteiger partial charge in [-0.25, -0.2) is 4.98 Å². The molecule has 0 atom stereocenters. The van der Waals surface area contributed by atoms with E-state index in [4.69, 9.17) is 4.74 Å². The number of methoxy groups -OCH3 is 1. The van der Waals surface area contributed by atoms with Crippen LogP contribution in [0.3, 0.4) is 0 Å². The van der Waals surface area contributed by atoms with Crippen LogP contribution in [0.25, 0.3) is 0 Å². The van der Waals surface area contributed by atoms with Crippen molar-refractivity contribution in [3.05, 3.63) is 108 Å². The summed E-state index contributed by atoms with van der Waals surface area (Å²) < 4.78 is 45.2. The summed E-state index contributed by atoms with van der Waals surface area (Å²) in [6.45, 7) is 0. The second-order valence-corrected chi connectivity index (χ2v) is 7.38. The fraction of sp³-hybridized carbons (Fsp3) is 0.160. The SMILES string of the molecule is COc1ccc(Nc2ncccc2CC(c2cccnc2)c2cccnc2)cc1C(F)(F)F. The molecule has 0 fully saturated rings. The Hall–Kier alpha value is -3.94. The summed E-state index contributed by atoms with van der Waals surface area (Å²) in [5.74, 6) is 0.190. The zero-order chi connectivity index (χ0) is 23.3. The predicted octanol–water partition coefficient (Wildman–Crippen LogP) is 6.02. The first-order valence-corrected chi connectivity index (χ1v) is 10.2. The molecule has 3 heterocycles. The van der Waals surface area contributed by atoms with E-state index in [9.17, 15) is 13.2 Å². The molecule has 0 aliphatic rings. The van der Waals surface area contributed by atoms with Crippen LogP contribution in [0.4, 0.5) is 24.7 Å². The third-order valence-corrected chi connectivity index (χ3v) is 5.26. The van der Waals surface area contributed by atoms with E-state index in [2.05, 4.69) is 20.3 Å². The van der Waals surface area contributed by atoms with E-state index in [1.54, 1.807) is 37.1 Å². The number of anilines is 2. The molecule has 0 aliphatic carbocycles. The van der Waals surface area contributed by atoms with E-state index in [1.165, 1.54) is 19.2 Å². The van der Waals surface area contributed by atoms with Crippen LogP contribution in [0.2, 0.25) is 0 Å². The molecule has 0 spiro atoms. The molecule has 4 rings (SSSR count). The monoisotopic (exact) mass is 450 g/mol. The van der Waals surface area contributed by atoms with Crippen LogP contribution < -0.4 is 10.1 Å². The van der Waals surface area contributed by atoms with Gasteiger partial charge in [-0.3, -0.25) is 9.97 Å². The molecule has 0 aliphatic heterocycles. The molecule has 33 heavy (non-hydrogen) atoms. The Labute approximate surface area is 189 Å². The smallest absolute Gasteiger partial charge is 0.420 e. The van der Waals surface area contributed by atoms with Gasteiger partial charge in [0, 0.05) is 42.6 Å². The van der Waals surface area contributed by atoms with Gasteiger partial charge in [0.2, 0.25) is 0 Å². The second-order valence-electron chi connectivity index (χ2n) is 7.38. The number of alkyl halides is 3. The number of nitrogens with one attached hydrogen (secondary N) is 1. The minimum Gasteiger partial charge on any atom is -0.496 e. The molecule has 4 aromatic rings. The molecule has 5 nitrogen and oxygen atoms in total. The Morgan fingerprint density at radius 3 is 2.15 bits per heavy atom. The van der Waals surface area contributed by atoms with E-state index in [0.717, 1.165) is 22.8 Å². The van der Waals surface area contributed by atoms with Crippen molar-refractivity contribution in [1.29, 1.82) is 0 Å². The second kappa shape index (κ2) is 9.68. The average molecular weight is 450 g/mol. The molecule has 0 saturated heterocycles. The van der Waals surface area contributed by atoms with Crippen LogP contribution in [0, 0.1) is 0 Å². The summed E-state index contributed by atoms with van der Waals surface area (Å²) in [6, 6.07) is 15.3. The zero-order valence-electron chi connectivity index (χ0n) is 17.8. The van der Waals surface area contributed by atoms with Gasteiger partial charge in [-0.15, -0.1) is 0 Å². The minimum atomic E-state index is -4.54. The quantitative estimate of drug-likeness (QED) is 0.373. The van der Waals surface area contributed by atoms with Crippen molar-refractivity contribution in [2.24, 2.45) is 0 Å². The molecule has 1 aromatic carbocycles. The number of ether oxygens (including phenoxy) is 1. The Balaban J connectivity index is 1.68. The molecule has 0 radical (unpaired) electrons. The van der Waals surface area contributed by atoms with Crippen LogP contribution in [0.15, 0.2) is 85.6 Å². The van der Waals surface area contributed by atoms with Gasteiger partial charge in [0.25, 0.3) is 0 Å². The van der Waals surface area contributed by atoms with Crippen molar-refractivity contribution in [3.8, 4) is 5.75 Å². The Kier molecular flexibility index (Phi) is 6.53. The van der Waals surface area contributed by atoms with Gasteiger partial charge >= 0.3 is 6.18 Å². The lowest BCUT2D eigenvalue weighted by Crippen LogP contribution is -2.10. The number of hydrogen-bond donors (Lipinski definition) is 1. The Morgan fingerprint density at radius 1 is 0.909 bits per heavy atom. The maximum atomic E-state index is 13.4. The fourth-order valence-electron chi connectivity index (χ4n) is 3.67. The summed E-state index contributed by atoms with van der Waals surface area (Å²) in [5.41, 5.74) is 2.27. The molecule has 3 aromatic heterocycles. The molecular weight excluding hydrogens is 429 g/mol. The van der Waals surface area contributed by atoms with Gasteiger partial charge in [-0.05, 0) is 59.5 Å². The van der Waals surface area contributed by atoms with Crippen LogP contribution >= 0.6 is 0 Å². The number of hydrogen-bond acceptors (Lipinski definition) is 5. The van der Waals surface area contributed by atoms with Gasteiger partial charge in [0.15, 0.2) is 0 Å². The Morgan fingerprint density at radius 2 is 1.58 bits per heavy atom. The molecule has 168 valence electrons. The van der Waals surface area contributed by atoms with Crippen molar-refractivity contribution in [3.63, 3.8) is 0 Å². The van der Waals surface area contributed by atoms with Crippen molar-refractivity contribution in [2.45, 2.75) is 18.5 Å². The third kappa shape index (κ3) is 5.28. The topological polar surface area (TPSA) is 59.9 Å². The van der Waals surface area contributed by atoms with Gasteiger partial charge < -0.3 is 10.1 Å². The summed E-state index contributed by atoms with van der Waals surface area (Å²) in [5, 5.41) is 3.05. The summed E-state index contributed by atoms with van der Waals surface area (Å²) in [7, 11) is 1.21. The lowest BCUT2D eigenvalue weighted by Gasteiger charge is -2.20.